The number of aldehydes is 1. The summed E-state index contributed by atoms with van der Waals surface area (Å²) in [4.78, 5) is 15.5. The molecule has 3 nitrogen and oxygen atoms in total. The number of nitrogens with zero attached hydrogens (tertiary/aromatic N) is 2. The average Bonchev–Trinajstić information content (AvgIpc) is 2.83. The summed E-state index contributed by atoms with van der Waals surface area (Å²) in [6.07, 6.45) is 3.71. The molecule has 0 saturated heterocycles. The Morgan fingerprint density at radius 2 is 2.05 bits per heavy atom. The van der Waals surface area contributed by atoms with Gasteiger partial charge in [-0.05, 0) is 30.2 Å². The van der Waals surface area contributed by atoms with Gasteiger partial charge in [-0.15, -0.1) is 0 Å². The number of hydrogen-bond donors (Lipinski definition) is 0. The Labute approximate surface area is 129 Å². The Hall–Kier alpha value is -2.01. The van der Waals surface area contributed by atoms with Crippen LogP contribution in [0.4, 0.5) is 4.39 Å². The molecule has 3 aromatic rings. The summed E-state index contributed by atoms with van der Waals surface area (Å²) in [7, 11) is 0. The van der Waals surface area contributed by atoms with Gasteiger partial charge in [-0.1, -0.05) is 34.1 Å². The van der Waals surface area contributed by atoms with Crippen molar-refractivity contribution >= 4 is 27.7 Å². The lowest BCUT2D eigenvalue weighted by Crippen LogP contribution is -1.99. The highest BCUT2D eigenvalue weighted by atomic mass is 79.9. The second-order valence-corrected chi connectivity index (χ2v) is 5.64. The zero-order chi connectivity index (χ0) is 14.8. The third kappa shape index (κ3) is 2.74. The highest BCUT2D eigenvalue weighted by Crippen LogP contribution is 2.19. The van der Waals surface area contributed by atoms with E-state index >= 15 is 0 Å². The molecule has 0 amide bonds. The molecule has 0 unspecified atom stereocenters. The first-order valence-corrected chi connectivity index (χ1v) is 7.33. The molecular weight excluding hydrogens is 335 g/mol. The highest BCUT2D eigenvalue weighted by molar-refractivity contribution is 9.10. The number of benzene rings is 1. The maximum Gasteiger partial charge on any atom is 0.170 e. The van der Waals surface area contributed by atoms with Gasteiger partial charge in [-0.3, -0.25) is 4.79 Å². The van der Waals surface area contributed by atoms with Gasteiger partial charge in [0.15, 0.2) is 6.29 Å². The lowest BCUT2D eigenvalue weighted by molar-refractivity contribution is 0.112. The molecule has 0 aliphatic heterocycles. The molecule has 0 aliphatic rings. The van der Waals surface area contributed by atoms with Crippen LogP contribution in [0.2, 0.25) is 0 Å². The van der Waals surface area contributed by atoms with Crippen molar-refractivity contribution < 1.29 is 9.18 Å². The van der Waals surface area contributed by atoms with Gasteiger partial charge >= 0.3 is 0 Å². The molecule has 1 aromatic carbocycles. The Bertz CT molecular complexity index is 813. The van der Waals surface area contributed by atoms with Gasteiger partial charge in [-0.25, -0.2) is 9.37 Å². The van der Waals surface area contributed by atoms with Gasteiger partial charge in [0, 0.05) is 17.1 Å². The van der Waals surface area contributed by atoms with Crippen molar-refractivity contribution in [3.63, 3.8) is 0 Å². The van der Waals surface area contributed by atoms with Crippen LogP contribution in [0.25, 0.3) is 5.52 Å². The van der Waals surface area contributed by atoms with Crippen LogP contribution in [0, 0.1) is 5.82 Å². The topological polar surface area (TPSA) is 34.4 Å². The summed E-state index contributed by atoms with van der Waals surface area (Å²) in [5.41, 5.74) is 1.81. The van der Waals surface area contributed by atoms with Gasteiger partial charge in [0.2, 0.25) is 0 Å². The number of pyridine rings is 1. The van der Waals surface area contributed by atoms with Crippen molar-refractivity contribution in [2.45, 2.75) is 12.8 Å². The summed E-state index contributed by atoms with van der Waals surface area (Å²) in [6, 6.07) is 10.4. The number of rotatable bonds is 4. The van der Waals surface area contributed by atoms with Crippen molar-refractivity contribution in [3.05, 3.63) is 70.0 Å². The Morgan fingerprint density at radius 1 is 1.24 bits per heavy atom. The minimum atomic E-state index is -0.211. The van der Waals surface area contributed by atoms with Crippen LogP contribution in [0.15, 0.2) is 47.1 Å². The quantitative estimate of drug-likeness (QED) is 0.672. The predicted octanol–water partition coefficient (Wildman–Crippen LogP) is 3.83. The molecule has 5 heteroatoms. The van der Waals surface area contributed by atoms with E-state index in [1.807, 2.05) is 28.8 Å². The van der Waals surface area contributed by atoms with E-state index in [4.69, 9.17) is 0 Å². The van der Waals surface area contributed by atoms with E-state index in [2.05, 4.69) is 20.9 Å². The number of carbonyl (C=O) groups excluding carboxylic acids is 1. The minimum absolute atomic E-state index is 0.211. The predicted molar refractivity (Wildman–Crippen MR) is 82.1 cm³/mol. The third-order valence-electron chi connectivity index (χ3n) is 3.39. The Morgan fingerprint density at radius 3 is 2.81 bits per heavy atom. The molecule has 0 fully saturated rings. The van der Waals surface area contributed by atoms with E-state index in [1.165, 1.54) is 6.07 Å². The second kappa shape index (κ2) is 5.77. The molecule has 21 heavy (non-hydrogen) atoms. The standard InChI is InChI=1S/C16H12BrFN2O/c17-12-7-8-20-15(9-12)14(10-21)19-16(20)6-5-11-3-1-2-4-13(11)18/h1-4,7-10H,5-6H2. The summed E-state index contributed by atoms with van der Waals surface area (Å²) in [5, 5.41) is 0. The molecule has 0 aliphatic carbocycles. The molecule has 0 bridgehead atoms. The van der Waals surface area contributed by atoms with Crippen molar-refractivity contribution in [2.75, 3.05) is 0 Å². The van der Waals surface area contributed by atoms with Gasteiger partial charge in [-0.2, -0.15) is 0 Å². The number of imidazole rings is 1. The highest BCUT2D eigenvalue weighted by Gasteiger charge is 2.11. The first kappa shape index (κ1) is 13.9. The number of aryl methyl sites for hydroxylation is 2. The molecule has 0 radical (unpaired) electrons. The van der Waals surface area contributed by atoms with Crippen molar-refractivity contribution in [2.24, 2.45) is 0 Å². The Kier molecular flexibility index (Phi) is 3.84. The zero-order valence-electron chi connectivity index (χ0n) is 11.1. The smallest absolute Gasteiger partial charge is 0.170 e. The monoisotopic (exact) mass is 346 g/mol. The van der Waals surface area contributed by atoms with Crippen LogP contribution < -0.4 is 0 Å². The molecule has 0 saturated carbocycles. The van der Waals surface area contributed by atoms with Crippen LogP contribution in [0.1, 0.15) is 21.9 Å². The fourth-order valence-electron chi connectivity index (χ4n) is 2.36. The number of carbonyl (C=O) groups is 1. The first-order chi connectivity index (χ1) is 10.2. The molecule has 2 heterocycles. The lowest BCUT2D eigenvalue weighted by Gasteiger charge is -2.03. The SMILES string of the molecule is O=Cc1nc(CCc2ccccc2F)n2ccc(Br)cc12. The van der Waals surface area contributed by atoms with Crippen molar-refractivity contribution in [3.8, 4) is 0 Å². The maximum absolute atomic E-state index is 13.6. The molecule has 2 aromatic heterocycles. The Balaban J connectivity index is 1.94. The van der Waals surface area contributed by atoms with Crippen LogP contribution in [-0.2, 0) is 12.8 Å². The number of hydrogen-bond acceptors (Lipinski definition) is 2. The van der Waals surface area contributed by atoms with E-state index < -0.39 is 0 Å². The van der Waals surface area contributed by atoms with Crippen molar-refractivity contribution in [1.29, 1.82) is 0 Å². The van der Waals surface area contributed by atoms with E-state index in [-0.39, 0.29) is 5.82 Å². The van der Waals surface area contributed by atoms with Crippen LogP contribution in [-0.4, -0.2) is 15.7 Å². The summed E-state index contributed by atoms with van der Waals surface area (Å²) in [5.74, 6) is 0.541. The largest absolute Gasteiger partial charge is 0.303 e. The van der Waals surface area contributed by atoms with Crippen LogP contribution >= 0.6 is 15.9 Å². The number of fused-ring (bicyclic) bond motifs is 1. The third-order valence-corrected chi connectivity index (χ3v) is 3.89. The summed E-state index contributed by atoms with van der Waals surface area (Å²) >= 11 is 3.38. The zero-order valence-corrected chi connectivity index (χ0v) is 12.7. The second-order valence-electron chi connectivity index (χ2n) is 4.72. The maximum atomic E-state index is 13.6. The van der Waals surface area contributed by atoms with Crippen molar-refractivity contribution in [1.82, 2.24) is 9.38 Å². The van der Waals surface area contributed by atoms with E-state index in [0.717, 1.165) is 22.1 Å². The van der Waals surface area contributed by atoms with Gasteiger partial charge in [0.05, 0.1) is 5.52 Å². The summed E-state index contributed by atoms with van der Waals surface area (Å²) < 4.78 is 16.4. The number of halogens is 2. The molecule has 0 spiro atoms. The first-order valence-electron chi connectivity index (χ1n) is 6.54. The van der Waals surface area contributed by atoms with E-state index in [0.29, 0.717) is 24.1 Å². The van der Waals surface area contributed by atoms with E-state index in [1.54, 1.807) is 12.1 Å². The fourth-order valence-corrected chi connectivity index (χ4v) is 2.69. The molecular formula is C16H12BrFN2O. The van der Waals surface area contributed by atoms with E-state index in [9.17, 15) is 9.18 Å². The normalized spacial score (nSPS) is 11.0. The lowest BCUT2D eigenvalue weighted by atomic mass is 10.1. The van der Waals surface area contributed by atoms with Crippen LogP contribution in [0.3, 0.4) is 0 Å². The summed E-state index contributed by atoms with van der Waals surface area (Å²) in [6.45, 7) is 0. The number of aromatic nitrogens is 2. The molecule has 106 valence electrons. The van der Waals surface area contributed by atoms with Crippen LogP contribution in [0.5, 0.6) is 0 Å². The molecule has 3 rings (SSSR count). The molecule has 0 atom stereocenters. The minimum Gasteiger partial charge on any atom is -0.303 e. The van der Waals surface area contributed by atoms with Gasteiger partial charge in [0.1, 0.15) is 17.3 Å². The fraction of sp³-hybridized carbons (Fsp3) is 0.125. The van der Waals surface area contributed by atoms with Gasteiger partial charge < -0.3 is 4.40 Å². The van der Waals surface area contributed by atoms with Gasteiger partial charge in [0.25, 0.3) is 0 Å². The average molecular weight is 347 g/mol. The molecule has 0 N–H and O–H groups in total.